The van der Waals surface area contributed by atoms with Gasteiger partial charge in [-0.25, -0.2) is 0 Å². The first-order chi connectivity index (χ1) is 12.7. The number of nitrogens with zero attached hydrogens (tertiary/aromatic N) is 1. The van der Waals surface area contributed by atoms with Crippen molar-refractivity contribution in [1.82, 2.24) is 10.2 Å². The smallest absolute Gasteiger partial charge is 0.319 e. The van der Waals surface area contributed by atoms with Crippen LogP contribution in [-0.4, -0.2) is 37.1 Å². The first-order valence-electron chi connectivity index (χ1n) is 9.51. The molecule has 1 aliphatic heterocycles. The standard InChI is InChI=1S/C22H28N2O2/c1-2-26-22(25)16-23-15-18-5-9-20(10-6-18)21-11-7-19(8-12-21)17-24-13-3-4-14-24/h5-12,23H,2-4,13-17H2,1H3. The summed E-state index contributed by atoms with van der Waals surface area (Å²) in [5.41, 5.74) is 4.99. The lowest BCUT2D eigenvalue weighted by atomic mass is 10.0. The summed E-state index contributed by atoms with van der Waals surface area (Å²) in [5.74, 6) is -0.210. The Balaban J connectivity index is 1.52. The third kappa shape index (κ3) is 5.41. The van der Waals surface area contributed by atoms with Gasteiger partial charge in [-0.2, -0.15) is 0 Å². The molecule has 2 aromatic carbocycles. The van der Waals surface area contributed by atoms with Gasteiger partial charge in [0.05, 0.1) is 13.2 Å². The molecule has 2 aromatic rings. The molecule has 0 unspecified atom stereocenters. The summed E-state index contributed by atoms with van der Waals surface area (Å²) >= 11 is 0. The Hall–Kier alpha value is -2.17. The number of rotatable bonds is 8. The van der Waals surface area contributed by atoms with E-state index in [0.717, 1.165) is 12.1 Å². The van der Waals surface area contributed by atoms with Crippen molar-refractivity contribution >= 4 is 5.97 Å². The quantitative estimate of drug-likeness (QED) is 0.737. The van der Waals surface area contributed by atoms with Crippen LogP contribution < -0.4 is 5.32 Å². The predicted octanol–water partition coefficient (Wildman–Crippen LogP) is 3.60. The zero-order valence-electron chi connectivity index (χ0n) is 15.5. The molecule has 0 bridgehead atoms. The second-order valence-corrected chi connectivity index (χ2v) is 6.79. The first-order valence-corrected chi connectivity index (χ1v) is 9.51. The summed E-state index contributed by atoms with van der Waals surface area (Å²) < 4.78 is 4.90. The van der Waals surface area contributed by atoms with Crippen LogP contribution in [0.15, 0.2) is 48.5 Å². The van der Waals surface area contributed by atoms with Gasteiger partial charge in [0, 0.05) is 13.1 Å². The fraction of sp³-hybridized carbons (Fsp3) is 0.409. The largest absolute Gasteiger partial charge is 0.465 e. The molecule has 26 heavy (non-hydrogen) atoms. The predicted molar refractivity (Wildman–Crippen MR) is 105 cm³/mol. The number of esters is 1. The number of benzene rings is 2. The summed E-state index contributed by atoms with van der Waals surface area (Å²) in [6.07, 6.45) is 2.66. The van der Waals surface area contributed by atoms with Gasteiger partial charge in [0.2, 0.25) is 0 Å². The van der Waals surface area contributed by atoms with Gasteiger partial charge in [-0.15, -0.1) is 0 Å². The van der Waals surface area contributed by atoms with Gasteiger partial charge in [0.25, 0.3) is 0 Å². The van der Waals surface area contributed by atoms with E-state index in [4.69, 9.17) is 4.74 Å². The Morgan fingerprint density at radius 3 is 2.12 bits per heavy atom. The maximum atomic E-state index is 11.3. The second-order valence-electron chi connectivity index (χ2n) is 6.79. The third-order valence-electron chi connectivity index (χ3n) is 4.75. The number of likely N-dealkylation sites (tertiary alicyclic amines) is 1. The lowest BCUT2D eigenvalue weighted by Gasteiger charge is -2.14. The van der Waals surface area contributed by atoms with E-state index in [-0.39, 0.29) is 12.5 Å². The topological polar surface area (TPSA) is 41.6 Å². The summed E-state index contributed by atoms with van der Waals surface area (Å²) in [6, 6.07) is 17.4. The zero-order chi connectivity index (χ0) is 18.2. The highest BCUT2D eigenvalue weighted by molar-refractivity contribution is 5.71. The average molecular weight is 352 g/mol. The van der Waals surface area contributed by atoms with Crippen LogP contribution in [0.5, 0.6) is 0 Å². The number of ether oxygens (including phenoxy) is 1. The van der Waals surface area contributed by atoms with Gasteiger partial charge < -0.3 is 10.1 Å². The number of carbonyl (C=O) groups is 1. The molecule has 1 fully saturated rings. The molecule has 1 aliphatic rings. The van der Waals surface area contributed by atoms with E-state index in [1.165, 1.54) is 42.6 Å². The molecule has 4 heteroatoms. The van der Waals surface area contributed by atoms with Crippen LogP contribution in [0.1, 0.15) is 30.9 Å². The molecule has 4 nitrogen and oxygen atoms in total. The lowest BCUT2D eigenvalue weighted by Crippen LogP contribution is -2.24. The van der Waals surface area contributed by atoms with Crippen LogP contribution in [0.25, 0.3) is 11.1 Å². The molecule has 0 aromatic heterocycles. The van der Waals surface area contributed by atoms with Crippen LogP contribution in [0, 0.1) is 0 Å². The normalized spacial score (nSPS) is 14.5. The van der Waals surface area contributed by atoms with E-state index >= 15 is 0 Å². The molecular formula is C22H28N2O2. The van der Waals surface area contributed by atoms with Crippen molar-refractivity contribution in [2.75, 3.05) is 26.2 Å². The Kier molecular flexibility index (Phi) is 6.81. The SMILES string of the molecule is CCOC(=O)CNCc1ccc(-c2ccc(CN3CCCC3)cc2)cc1. The van der Waals surface area contributed by atoms with E-state index < -0.39 is 0 Å². The molecule has 138 valence electrons. The molecule has 0 aliphatic carbocycles. The monoisotopic (exact) mass is 352 g/mol. The molecule has 1 N–H and O–H groups in total. The summed E-state index contributed by atoms with van der Waals surface area (Å²) in [4.78, 5) is 13.8. The number of carbonyl (C=O) groups excluding carboxylic acids is 1. The molecule has 0 amide bonds. The van der Waals surface area contributed by atoms with E-state index in [0.29, 0.717) is 13.2 Å². The Morgan fingerprint density at radius 1 is 0.962 bits per heavy atom. The lowest BCUT2D eigenvalue weighted by molar-refractivity contribution is -0.142. The Labute approximate surface area is 156 Å². The zero-order valence-corrected chi connectivity index (χ0v) is 15.5. The van der Waals surface area contributed by atoms with Gasteiger partial charge in [-0.1, -0.05) is 48.5 Å². The number of hydrogen-bond donors (Lipinski definition) is 1. The average Bonchev–Trinajstić information content (AvgIpc) is 3.16. The highest BCUT2D eigenvalue weighted by atomic mass is 16.5. The van der Waals surface area contributed by atoms with Crippen LogP contribution in [0.3, 0.4) is 0 Å². The van der Waals surface area contributed by atoms with E-state index in [1.807, 2.05) is 6.92 Å². The van der Waals surface area contributed by atoms with Crippen molar-refractivity contribution in [1.29, 1.82) is 0 Å². The molecule has 0 radical (unpaired) electrons. The minimum Gasteiger partial charge on any atom is -0.465 e. The van der Waals surface area contributed by atoms with Crippen LogP contribution in [0.4, 0.5) is 0 Å². The fourth-order valence-corrected chi connectivity index (χ4v) is 3.34. The van der Waals surface area contributed by atoms with Gasteiger partial charge >= 0.3 is 5.97 Å². The van der Waals surface area contributed by atoms with Crippen molar-refractivity contribution in [3.63, 3.8) is 0 Å². The molecule has 0 atom stereocenters. The summed E-state index contributed by atoms with van der Waals surface area (Å²) in [5, 5.41) is 3.11. The maximum Gasteiger partial charge on any atom is 0.319 e. The van der Waals surface area contributed by atoms with Crippen molar-refractivity contribution < 1.29 is 9.53 Å². The van der Waals surface area contributed by atoms with E-state index in [1.54, 1.807) is 0 Å². The number of hydrogen-bond acceptors (Lipinski definition) is 4. The van der Waals surface area contributed by atoms with Crippen molar-refractivity contribution in [3.05, 3.63) is 59.7 Å². The summed E-state index contributed by atoms with van der Waals surface area (Å²) in [7, 11) is 0. The minimum atomic E-state index is -0.210. The van der Waals surface area contributed by atoms with Gasteiger partial charge in [-0.3, -0.25) is 9.69 Å². The van der Waals surface area contributed by atoms with Crippen molar-refractivity contribution in [2.45, 2.75) is 32.9 Å². The van der Waals surface area contributed by atoms with Crippen LogP contribution >= 0.6 is 0 Å². The molecule has 3 rings (SSSR count). The Bertz CT molecular complexity index is 689. The molecule has 0 spiro atoms. The van der Waals surface area contributed by atoms with Gasteiger partial charge in [0.15, 0.2) is 0 Å². The van der Waals surface area contributed by atoms with E-state index in [2.05, 4.69) is 58.7 Å². The van der Waals surface area contributed by atoms with Crippen LogP contribution in [0.2, 0.25) is 0 Å². The molecule has 1 saturated heterocycles. The minimum absolute atomic E-state index is 0.210. The highest BCUT2D eigenvalue weighted by Gasteiger charge is 2.11. The maximum absolute atomic E-state index is 11.3. The van der Waals surface area contributed by atoms with Gasteiger partial charge in [-0.05, 0) is 55.1 Å². The van der Waals surface area contributed by atoms with Gasteiger partial charge in [0.1, 0.15) is 0 Å². The molecular weight excluding hydrogens is 324 g/mol. The first kappa shape index (κ1) is 18.6. The van der Waals surface area contributed by atoms with Crippen molar-refractivity contribution in [2.24, 2.45) is 0 Å². The molecule has 0 saturated carbocycles. The number of nitrogens with one attached hydrogen (secondary N) is 1. The second kappa shape index (κ2) is 9.51. The Morgan fingerprint density at radius 2 is 1.54 bits per heavy atom. The van der Waals surface area contributed by atoms with Crippen LogP contribution in [-0.2, 0) is 22.6 Å². The highest BCUT2D eigenvalue weighted by Crippen LogP contribution is 2.21. The van der Waals surface area contributed by atoms with Crippen molar-refractivity contribution in [3.8, 4) is 11.1 Å². The fourth-order valence-electron chi connectivity index (χ4n) is 3.34. The third-order valence-corrected chi connectivity index (χ3v) is 4.75. The summed E-state index contributed by atoms with van der Waals surface area (Å²) in [6.45, 7) is 6.66. The van der Waals surface area contributed by atoms with E-state index in [9.17, 15) is 4.79 Å². The molecule has 1 heterocycles.